The van der Waals surface area contributed by atoms with Gasteiger partial charge in [0.2, 0.25) is 0 Å². The number of aryl methyl sites for hydroxylation is 3. The lowest BCUT2D eigenvalue weighted by molar-refractivity contribution is 0.473. The Morgan fingerprint density at radius 1 is 1.13 bits per heavy atom. The average molecular weight is 445 g/mol. The molecular formula is C23H21F2NO4S. The Balaban J connectivity index is 2.29. The first-order valence-electron chi connectivity index (χ1n) is 9.30. The minimum Gasteiger partial charge on any atom is -0.456 e. The van der Waals surface area contributed by atoms with Crippen LogP contribution in [0.3, 0.4) is 0 Å². The van der Waals surface area contributed by atoms with E-state index < -0.39 is 32.8 Å². The predicted octanol–water partition coefficient (Wildman–Crippen LogP) is 4.80. The summed E-state index contributed by atoms with van der Waals surface area (Å²) in [4.78, 5) is 11.8. The largest absolute Gasteiger partial charge is 0.456 e. The van der Waals surface area contributed by atoms with Gasteiger partial charge in [-0.15, -0.1) is 0 Å². The van der Waals surface area contributed by atoms with Crippen LogP contribution in [-0.4, -0.2) is 13.0 Å². The van der Waals surface area contributed by atoms with Crippen LogP contribution in [0.25, 0.3) is 11.1 Å². The maximum Gasteiger partial charge on any atom is 0.253 e. The molecule has 0 fully saturated rings. The van der Waals surface area contributed by atoms with Crippen molar-refractivity contribution in [2.75, 3.05) is 0 Å². The normalized spacial score (nSPS) is 11.4. The predicted molar refractivity (Wildman–Crippen MR) is 116 cm³/mol. The fourth-order valence-electron chi connectivity index (χ4n) is 3.32. The van der Waals surface area contributed by atoms with Crippen LogP contribution in [0.1, 0.15) is 16.7 Å². The summed E-state index contributed by atoms with van der Waals surface area (Å²) in [6.45, 7) is 6.66. The van der Waals surface area contributed by atoms with E-state index in [4.69, 9.17) is 4.74 Å². The van der Waals surface area contributed by atoms with Crippen molar-refractivity contribution in [3.05, 3.63) is 93.3 Å². The summed E-state index contributed by atoms with van der Waals surface area (Å²) in [7, 11) is -2.22. The van der Waals surface area contributed by atoms with Crippen molar-refractivity contribution in [3.8, 4) is 22.6 Å². The van der Waals surface area contributed by atoms with Crippen molar-refractivity contribution in [3.63, 3.8) is 0 Å². The lowest BCUT2D eigenvalue weighted by Gasteiger charge is -2.19. The Bertz CT molecular complexity index is 1320. The SMILES string of the molecule is C=CS(=O)(=O)Cc1cccc(Oc2c(C)cc(F)cc2C)c1-c1cn(C)c(=O)cc1F. The number of sulfone groups is 1. The van der Waals surface area contributed by atoms with Gasteiger partial charge in [-0.1, -0.05) is 18.7 Å². The number of hydrogen-bond acceptors (Lipinski definition) is 4. The molecule has 0 saturated heterocycles. The Hall–Kier alpha value is -3.26. The minimum absolute atomic E-state index is 0.00406. The van der Waals surface area contributed by atoms with Gasteiger partial charge in [-0.25, -0.2) is 17.2 Å². The number of pyridine rings is 1. The maximum atomic E-state index is 14.9. The monoisotopic (exact) mass is 445 g/mol. The highest BCUT2D eigenvalue weighted by Crippen LogP contribution is 2.39. The van der Waals surface area contributed by atoms with Crippen LogP contribution in [0.5, 0.6) is 11.5 Å². The summed E-state index contributed by atoms with van der Waals surface area (Å²) in [5.41, 5.74) is 0.952. The Kier molecular flexibility index (Phi) is 6.13. The summed E-state index contributed by atoms with van der Waals surface area (Å²) in [6, 6.07) is 8.12. The zero-order chi connectivity index (χ0) is 22.9. The first-order valence-corrected chi connectivity index (χ1v) is 11.0. The van der Waals surface area contributed by atoms with E-state index in [1.807, 2.05) is 0 Å². The van der Waals surface area contributed by atoms with Crippen molar-refractivity contribution in [2.45, 2.75) is 19.6 Å². The molecule has 0 bridgehead atoms. The molecular weight excluding hydrogens is 424 g/mol. The van der Waals surface area contributed by atoms with Crippen LogP contribution < -0.4 is 10.3 Å². The molecule has 8 heteroatoms. The molecule has 1 aromatic heterocycles. The van der Waals surface area contributed by atoms with Crippen LogP contribution >= 0.6 is 0 Å². The van der Waals surface area contributed by atoms with Crippen LogP contribution in [0.15, 0.2) is 59.4 Å². The van der Waals surface area contributed by atoms with Gasteiger partial charge in [-0.3, -0.25) is 4.79 Å². The Morgan fingerprint density at radius 2 is 1.77 bits per heavy atom. The van der Waals surface area contributed by atoms with Crippen LogP contribution in [0.2, 0.25) is 0 Å². The topological polar surface area (TPSA) is 65.4 Å². The molecule has 0 N–H and O–H groups in total. The second kappa shape index (κ2) is 8.47. The molecule has 0 saturated carbocycles. The summed E-state index contributed by atoms with van der Waals surface area (Å²) >= 11 is 0. The molecule has 0 atom stereocenters. The number of ether oxygens (including phenoxy) is 1. The van der Waals surface area contributed by atoms with E-state index >= 15 is 0 Å². The van der Waals surface area contributed by atoms with Gasteiger partial charge in [0.05, 0.1) is 5.75 Å². The maximum absolute atomic E-state index is 14.9. The third-order valence-electron chi connectivity index (χ3n) is 4.81. The number of hydrogen-bond donors (Lipinski definition) is 0. The quantitative estimate of drug-likeness (QED) is 0.547. The van der Waals surface area contributed by atoms with Gasteiger partial charge in [-0.05, 0) is 48.7 Å². The lowest BCUT2D eigenvalue weighted by atomic mass is 10.00. The van der Waals surface area contributed by atoms with Gasteiger partial charge in [0.15, 0.2) is 9.84 Å². The third-order valence-corrected chi connectivity index (χ3v) is 6.03. The summed E-state index contributed by atoms with van der Waals surface area (Å²) in [5.74, 6) is -1.13. The molecule has 0 spiro atoms. The molecule has 5 nitrogen and oxygen atoms in total. The Labute approximate surface area is 179 Å². The number of nitrogens with zero attached hydrogens (tertiary/aromatic N) is 1. The molecule has 0 aliphatic rings. The Morgan fingerprint density at radius 3 is 2.39 bits per heavy atom. The van der Waals surface area contributed by atoms with E-state index in [1.54, 1.807) is 26.0 Å². The molecule has 0 unspecified atom stereocenters. The van der Waals surface area contributed by atoms with Crippen molar-refractivity contribution in [1.29, 1.82) is 0 Å². The molecule has 162 valence electrons. The lowest BCUT2D eigenvalue weighted by Crippen LogP contribution is -2.16. The highest BCUT2D eigenvalue weighted by molar-refractivity contribution is 7.93. The first kappa shape index (κ1) is 22.4. The third kappa shape index (κ3) is 4.74. The van der Waals surface area contributed by atoms with Gasteiger partial charge in [0, 0.05) is 35.8 Å². The van der Waals surface area contributed by atoms with E-state index in [1.165, 1.54) is 36.0 Å². The van der Waals surface area contributed by atoms with Gasteiger partial charge in [0.1, 0.15) is 23.1 Å². The standard InChI is InChI=1S/C23H21F2NO4S/c1-5-31(28,29)13-16-7-6-8-20(30-23-14(2)9-17(24)10-15(23)3)22(16)18-12-26(4)21(27)11-19(18)25/h5-12H,1,13H2,2-4H3. The smallest absolute Gasteiger partial charge is 0.253 e. The minimum atomic E-state index is -3.68. The second-order valence-electron chi connectivity index (χ2n) is 7.22. The van der Waals surface area contributed by atoms with E-state index in [9.17, 15) is 22.0 Å². The molecule has 31 heavy (non-hydrogen) atoms. The first-order chi connectivity index (χ1) is 14.5. The highest BCUT2D eigenvalue weighted by Gasteiger charge is 2.21. The summed E-state index contributed by atoms with van der Waals surface area (Å²) < 4.78 is 60.2. The van der Waals surface area contributed by atoms with Crippen LogP contribution in [0, 0.1) is 25.5 Å². The average Bonchev–Trinajstić information content (AvgIpc) is 2.68. The van der Waals surface area contributed by atoms with Crippen molar-refractivity contribution >= 4 is 9.84 Å². The van der Waals surface area contributed by atoms with Gasteiger partial charge in [-0.2, -0.15) is 0 Å². The molecule has 3 rings (SSSR count). The van der Waals surface area contributed by atoms with E-state index in [2.05, 4.69) is 6.58 Å². The molecule has 0 aliphatic carbocycles. The van der Waals surface area contributed by atoms with Crippen molar-refractivity contribution in [2.24, 2.45) is 7.05 Å². The highest BCUT2D eigenvalue weighted by atomic mass is 32.2. The number of aromatic nitrogens is 1. The van der Waals surface area contributed by atoms with E-state index in [0.717, 1.165) is 11.5 Å². The van der Waals surface area contributed by atoms with E-state index in [-0.39, 0.29) is 22.4 Å². The number of benzene rings is 2. The fourth-order valence-corrected chi connectivity index (χ4v) is 4.11. The molecule has 2 aromatic carbocycles. The molecule has 0 radical (unpaired) electrons. The number of halogens is 2. The number of rotatable bonds is 6. The van der Waals surface area contributed by atoms with Gasteiger partial charge >= 0.3 is 0 Å². The van der Waals surface area contributed by atoms with Gasteiger partial charge in [0.25, 0.3) is 5.56 Å². The molecule has 3 aromatic rings. The fraction of sp³-hybridized carbons (Fsp3) is 0.174. The van der Waals surface area contributed by atoms with Crippen molar-refractivity contribution < 1.29 is 21.9 Å². The molecule has 1 heterocycles. The van der Waals surface area contributed by atoms with Crippen LogP contribution in [-0.2, 0) is 22.6 Å². The summed E-state index contributed by atoms with van der Waals surface area (Å²) in [5, 5.41) is 0.829. The molecule has 0 amide bonds. The van der Waals surface area contributed by atoms with E-state index in [0.29, 0.717) is 16.9 Å². The summed E-state index contributed by atoms with van der Waals surface area (Å²) in [6.07, 6.45) is 1.29. The van der Waals surface area contributed by atoms with Crippen LogP contribution in [0.4, 0.5) is 8.78 Å². The molecule has 0 aliphatic heterocycles. The second-order valence-corrected chi connectivity index (χ2v) is 9.17. The zero-order valence-electron chi connectivity index (χ0n) is 17.3. The zero-order valence-corrected chi connectivity index (χ0v) is 18.1. The van der Waals surface area contributed by atoms with Gasteiger partial charge < -0.3 is 9.30 Å². The van der Waals surface area contributed by atoms with Crippen molar-refractivity contribution in [1.82, 2.24) is 4.57 Å².